The Morgan fingerprint density at radius 1 is 1.21 bits per heavy atom. The number of nitrogens with one attached hydrogen (secondary N) is 1. The summed E-state index contributed by atoms with van der Waals surface area (Å²) < 4.78 is 19.4. The molecule has 0 aromatic heterocycles. The third-order valence-corrected chi connectivity index (χ3v) is 5.68. The van der Waals surface area contributed by atoms with Crippen LogP contribution in [0.1, 0.15) is 31.9 Å². The second-order valence-electron chi connectivity index (χ2n) is 7.92. The molecule has 1 spiro atoms. The van der Waals surface area contributed by atoms with Crippen LogP contribution in [0.25, 0.3) is 0 Å². The minimum atomic E-state index is -0.823. The van der Waals surface area contributed by atoms with Crippen LogP contribution in [0.4, 0.5) is 4.79 Å². The van der Waals surface area contributed by atoms with Crippen molar-refractivity contribution in [2.24, 2.45) is 4.99 Å². The molecule has 2 aliphatic rings. The first-order valence-corrected chi connectivity index (χ1v) is 11.0. The molecule has 0 radical (unpaired) electrons. The van der Waals surface area contributed by atoms with Crippen LogP contribution in [-0.2, 0) is 15.0 Å². The highest BCUT2D eigenvalue weighted by Gasteiger charge is 2.45. The van der Waals surface area contributed by atoms with Gasteiger partial charge in [0, 0.05) is 19.2 Å². The summed E-state index contributed by atoms with van der Waals surface area (Å²) >= 11 is 5.81. The van der Waals surface area contributed by atoms with Crippen molar-refractivity contribution in [2.45, 2.75) is 31.9 Å². The lowest BCUT2D eigenvalue weighted by atomic mass is 9.80. The van der Waals surface area contributed by atoms with E-state index in [2.05, 4.69) is 43.8 Å². The van der Waals surface area contributed by atoms with E-state index in [1.54, 1.807) is 0 Å². The largest absolute Gasteiger partial charge is 0.457 e. The molecule has 2 aromatic rings. The maximum atomic E-state index is 12.3. The fraction of sp³-hybridized carbons (Fsp3) is 0.333. The maximum Gasteiger partial charge on any atom is 0.413 e. The van der Waals surface area contributed by atoms with Crippen molar-refractivity contribution in [1.82, 2.24) is 5.32 Å². The molecule has 0 aliphatic carbocycles. The molecule has 1 amide bonds. The van der Waals surface area contributed by atoms with Crippen molar-refractivity contribution >= 4 is 50.4 Å². The smallest absolute Gasteiger partial charge is 0.413 e. The highest BCUT2D eigenvalue weighted by Crippen LogP contribution is 2.51. The van der Waals surface area contributed by atoms with E-state index in [4.69, 9.17) is 19.2 Å². The molecule has 8 heteroatoms. The van der Waals surface area contributed by atoms with Gasteiger partial charge in [0.25, 0.3) is 0 Å². The monoisotopic (exact) mass is 570 g/mol. The summed E-state index contributed by atoms with van der Waals surface area (Å²) in [4.78, 5) is 17.3. The van der Waals surface area contributed by atoms with Crippen LogP contribution < -0.4 is 10.1 Å². The Labute approximate surface area is 191 Å². The van der Waals surface area contributed by atoms with Crippen LogP contribution in [0.15, 0.2) is 45.9 Å². The number of hydrogen-bond acceptors (Lipinski definition) is 5. The Morgan fingerprint density at radius 3 is 2.62 bits per heavy atom. The van der Waals surface area contributed by atoms with Crippen molar-refractivity contribution in [3.63, 3.8) is 0 Å². The number of aliphatic imine (C=N–C) groups is 1. The van der Waals surface area contributed by atoms with Crippen molar-refractivity contribution in [3.05, 3.63) is 55.6 Å². The molecular weight excluding hydrogens is 551 g/mol. The molecule has 0 saturated carbocycles. The average Bonchev–Trinajstić information content (AvgIpc) is 2.62. The van der Waals surface area contributed by atoms with Gasteiger partial charge in [0.1, 0.15) is 35.1 Å². The van der Waals surface area contributed by atoms with Crippen molar-refractivity contribution in [2.75, 3.05) is 13.2 Å². The predicted octanol–water partition coefficient (Wildman–Crippen LogP) is 5.36. The Bertz CT molecular complexity index is 965. The SMILES string of the molecule is CC(C)(C)OC(=O)NC1=NC2(COC1)c1cc(Br)ccc1Oc1ccc(I)cc12. The lowest BCUT2D eigenvalue weighted by molar-refractivity contribution is 0.0545. The van der Waals surface area contributed by atoms with Crippen LogP contribution in [0.3, 0.4) is 0 Å². The van der Waals surface area contributed by atoms with Crippen molar-refractivity contribution in [1.29, 1.82) is 0 Å². The number of amides is 1. The molecule has 2 heterocycles. The summed E-state index contributed by atoms with van der Waals surface area (Å²) in [6, 6.07) is 11.8. The number of carbonyl (C=O) groups excluding carboxylic acids is 1. The first-order chi connectivity index (χ1) is 13.7. The Kier molecular flexibility index (Phi) is 5.37. The van der Waals surface area contributed by atoms with E-state index >= 15 is 0 Å². The number of halogens is 2. The van der Waals surface area contributed by atoms with Crippen LogP contribution >= 0.6 is 38.5 Å². The Morgan fingerprint density at radius 2 is 1.90 bits per heavy atom. The first kappa shape index (κ1) is 20.6. The molecule has 2 aromatic carbocycles. The summed E-state index contributed by atoms with van der Waals surface area (Å²) in [5.41, 5.74) is 0.357. The molecule has 152 valence electrons. The quantitative estimate of drug-likeness (QED) is 0.433. The van der Waals surface area contributed by atoms with Crippen LogP contribution in [0.5, 0.6) is 11.5 Å². The molecule has 0 bridgehead atoms. The summed E-state index contributed by atoms with van der Waals surface area (Å²) in [6.07, 6.45) is -0.554. The molecule has 29 heavy (non-hydrogen) atoms. The minimum absolute atomic E-state index is 0.199. The second-order valence-corrected chi connectivity index (χ2v) is 10.1. The minimum Gasteiger partial charge on any atom is -0.457 e. The molecule has 1 N–H and O–H groups in total. The van der Waals surface area contributed by atoms with E-state index in [1.165, 1.54) is 0 Å². The number of carbonyl (C=O) groups is 1. The van der Waals surface area contributed by atoms with E-state index in [0.717, 1.165) is 24.9 Å². The highest BCUT2D eigenvalue weighted by atomic mass is 127. The number of fused-ring (bicyclic) bond motifs is 4. The van der Waals surface area contributed by atoms with Gasteiger partial charge in [-0.25, -0.2) is 4.79 Å². The van der Waals surface area contributed by atoms with Crippen molar-refractivity contribution < 1.29 is 19.0 Å². The molecule has 0 fully saturated rings. The fourth-order valence-electron chi connectivity index (χ4n) is 3.44. The van der Waals surface area contributed by atoms with Gasteiger partial charge in [0.2, 0.25) is 0 Å². The lowest BCUT2D eigenvalue weighted by Gasteiger charge is -2.40. The number of hydrogen-bond donors (Lipinski definition) is 1. The predicted molar refractivity (Wildman–Crippen MR) is 122 cm³/mol. The Balaban J connectivity index is 1.82. The van der Waals surface area contributed by atoms with Gasteiger partial charge in [-0.3, -0.25) is 10.3 Å². The second kappa shape index (κ2) is 7.55. The molecule has 6 nitrogen and oxygen atoms in total. The van der Waals surface area contributed by atoms with Gasteiger partial charge in [-0.1, -0.05) is 15.9 Å². The number of amidine groups is 1. The zero-order valence-corrected chi connectivity index (χ0v) is 20.0. The zero-order valence-electron chi connectivity index (χ0n) is 16.2. The number of alkyl carbamates (subject to hydrolysis) is 1. The molecule has 0 saturated heterocycles. The van der Waals surface area contributed by atoms with Crippen LogP contribution in [-0.4, -0.2) is 30.7 Å². The summed E-state index contributed by atoms with van der Waals surface area (Å²) in [6.45, 7) is 5.99. The fourth-order valence-corrected chi connectivity index (χ4v) is 4.30. The van der Waals surface area contributed by atoms with Crippen molar-refractivity contribution in [3.8, 4) is 11.5 Å². The van der Waals surface area contributed by atoms with Gasteiger partial charge < -0.3 is 14.2 Å². The summed E-state index contributed by atoms with van der Waals surface area (Å²) in [7, 11) is 0. The summed E-state index contributed by atoms with van der Waals surface area (Å²) in [5, 5.41) is 2.75. The average molecular weight is 571 g/mol. The van der Waals surface area contributed by atoms with Crippen LogP contribution in [0, 0.1) is 3.57 Å². The molecular formula is C21H20BrIN2O4. The van der Waals surface area contributed by atoms with E-state index in [9.17, 15) is 4.79 Å². The van der Waals surface area contributed by atoms with Gasteiger partial charge in [0.15, 0.2) is 0 Å². The van der Waals surface area contributed by atoms with Gasteiger partial charge >= 0.3 is 6.09 Å². The first-order valence-electron chi connectivity index (χ1n) is 9.11. The topological polar surface area (TPSA) is 69.2 Å². The normalized spacial score (nSPS) is 20.2. The highest BCUT2D eigenvalue weighted by molar-refractivity contribution is 14.1. The molecule has 1 unspecified atom stereocenters. The van der Waals surface area contributed by atoms with Gasteiger partial charge in [-0.15, -0.1) is 0 Å². The third kappa shape index (κ3) is 4.15. The maximum absolute atomic E-state index is 12.3. The van der Waals surface area contributed by atoms with Gasteiger partial charge in [-0.2, -0.15) is 0 Å². The zero-order chi connectivity index (χ0) is 20.8. The lowest BCUT2D eigenvalue weighted by Crippen LogP contribution is -2.46. The number of rotatable bonds is 0. The standard InChI is InChI=1S/C21H20BrIN2O4/c1-20(2,3)29-19(26)24-18-10-27-11-21(25-18)14-8-12(22)4-6-16(14)28-17-7-5-13(23)9-15(17)21/h4-9H,10-11H2,1-3H3,(H,24,25,26). The van der Waals surface area contributed by atoms with Crippen LogP contribution in [0.2, 0.25) is 0 Å². The van der Waals surface area contributed by atoms with E-state index in [-0.39, 0.29) is 6.61 Å². The van der Waals surface area contributed by atoms with Gasteiger partial charge in [0.05, 0.1) is 6.61 Å². The molecule has 1 atom stereocenters. The third-order valence-electron chi connectivity index (χ3n) is 4.52. The number of ether oxygens (including phenoxy) is 3. The van der Waals surface area contributed by atoms with E-state index in [0.29, 0.717) is 18.2 Å². The van der Waals surface area contributed by atoms with Gasteiger partial charge in [-0.05, 0) is 79.8 Å². The van der Waals surface area contributed by atoms with E-state index < -0.39 is 17.2 Å². The number of benzene rings is 2. The molecule has 2 aliphatic heterocycles. The summed E-state index contributed by atoms with van der Waals surface area (Å²) in [5.74, 6) is 1.86. The van der Waals surface area contributed by atoms with E-state index in [1.807, 2.05) is 57.2 Å². The number of nitrogens with zero attached hydrogens (tertiary/aromatic N) is 1. The Hall–Kier alpha value is -1.65. The molecule has 4 rings (SSSR count).